The lowest BCUT2D eigenvalue weighted by atomic mass is 9.95. The number of likely N-dealkylation sites (tertiary alicyclic amines) is 2. The van der Waals surface area contributed by atoms with Gasteiger partial charge in [-0.15, -0.1) is 0 Å². The molecular weight excluding hydrogens is 336 g/mol. The topological polar surface area (TPSA) is 43.8 Å². The van der Waals surface area contributed by atoms with Crippen LogP contribution in [0.2, 0.25) is 0 Å². The zero-order valence-electron chi connectivity index (χ0n) is 16.0. The summed E-state index contributed by atoms with van der Waals surface area (Å²) >= 11 is 0. The van der Waals surface area contributed by atoms with Gasteiger partial charge >= 0.3 is 0 Å². The van der Waals surface area contributed by atoms with Gasteiger partial charge in [0.25, 0.3) is 0 Å². The SMILES string of the molecule is O=C(Cc1ccc2ccccc2c1)N1C[C@@H](CO)[C@@H](CN2CCCCC2)C1. The van der Waals surface area contributed by atoms with Gasteiger partial charge in [-0.25, -0.2) is 0 Å². The van der Waals surface area contributed by atoms with Crippen molar-refractivity contribution in [1.29, 1.82) is 0 Å². The fourth-order valence-electron chi connectivity index (χ4n) is 4.66. The van der Waals surface area contributed by atoms with Crippen LogP contribution >= 0.6 is 0 Å². The number of aliphatic hydroxyl groups is 1. The summed E-state index contributed by atoms with van der Waals surface area (Å²) in [6, 6.07) is 14.5. The highest BCUT2D eigenvalue weighted by molar-refractivity contribution is 5.85. The fraction of sp³-hybridized carbons (Fsp3) is 0.522. The molecule has 4 rings (SSSR count). The zero-order chi connectivity index (χ0) is 18.6. The molecule has 0 aromatic heterocycles. The maximum atomic E-state index is 12.9. The highest BCUT2D eigenvalue weighted by Crippen LogP contribution is 2.26. The lowest BCUT2D eigenvalue weighted by molar-refractivity contribution is -0.129. The van der Waals surface area contributed by atoms with Crippen LogP contribution in [0, 0.1) is 11.8 Å². The minimum atomic E-state index is 0.179. The Hall–Kier alpha value is -1.91. The molecule has 1 N–H and O–H groups in total. The number of nitrogens with zero attached hydrogens (tertiary/aromatic N) is 2. The van der Waals surface area contributed by atoms with Crippen LogP contribution in [0.4, 0.5) is 0 Å². The first-order valence-corrected chi connectivity index (χ1v) is 10.3. The molecule has 0 spiro atoms. The van der Waals surface area contributed by atoms with Gasteiger partial charge in [-0.05, 0) is 48.2 Å². The lowest BCUT2D eigenvalue weighted by Crippen LogP contribution is -2.37. The summed E-state index contributed by atoms with van der Waals surface area (Å²) in [5.74, 6) is 0.797. The molecule has 0 bridgehead atoms. The van der Waals surface area contributed by atoms with Gasteiger partial charge in [-0.1, -0.05) is 48.9 Å². The molecule has 144 valence electrons. The number of aliphatic hydroxyl groups excluding tert-OH is 1. The number of benzene rings is 2. The van der Waals surface area contributed by atoms with Gasteiger partial charge in [0.1, 0.15) is 0 Å². The summed E-state index contributed by atoms with van der Waals surface area (Å²) in [4.78, 5) is 17.4. The molecule has 1 amide bonds. The molecule has 27 heavy (non-hydrogen) atoms. The highest BCUT2D eigenvalue weighted by atomic mass is 16.3. The van der Waals surface area contributed by atoms with Gasteiger partial charge in [0.2, 0.25) is 5.91 Å². The predicted octanol–water partition coefficient (Wildman–Crippen LogP) is 2.94. The maximum absolute atomic E-state index is 12.9. The van der Waals surface area contributed by atoms with E-state index in [0.29, 0.717) is 18.9 Å². The zero-order valence-corrected chi connectivity index (χ0v) is 16.0. The summed E-state index contributed by atoms with van der Waals surface area (Å²) in [6.07, 6.45) is 4.34. The van der Waals surface area contributed by atoms with Crippen LogP contribution < -0.4 is 0 Å². The molecular formula is C23H30N2O2. The number of rotatable bonds is 5. The van der Waals surface area contributed by atoms with Crippen LogP contribution in [0.1, 0.15) is 24.8 Å². The second-order valence-electron chi connectivity index (χ2n) is 8.22. The summed E-state index contributed by atoms with van der Waals surface area (Å²) in [5, 5.41) is 12.2. The van der Waals surface area contributed by atoms with Crippen LogP contribution in [0.15, 0.2) is 42.5 Å². The third kappa shape index (κ3) is 4.33. The molecule has 0 unspecified atom stereocenters. The molecule has 2 aromatic carbocycles. The minimum absolute atomic E-state index is 0.179. The molecule has 2 aliphatic rings. The molecule has 2 aliphatic heterocycles. The Morgan fingerprint density at radius 3 is 2.48 bits per heavy atom. The number of carbonyl (C=O) groups excluding carboxylic acids is 1. The van der Waals surface area contributed by atoms with Gasteiger partial charge in [0.05, 0.1) is 6.42 Å². The van der Waals surface area contributed by atoms with Crippen molar-refractivity contribution >= 4 is 16.7 Å². The Morgan fingerprint density at radius 2 is 1.70 bits per heavy atom. The molecule has 2 heterocycles. The van der Waals surface area contributed by atoms with Crippen LogP contribution in [0.25, 0.3) is 10.8 Å². The molecule has 2 atom stereocenters. The molecule has 4 nitrogen and oxygen atoms in total. The van der Waals surface area contributed by atoms with E-state index in [9.17, 15) is 9.90 Å². The van der Waals surface area contributed by atoms with Gasteiger partial charge in [0.15, 0.2) is 0 Å². The van der Waals surface area contributed by atoms with Crippen molar-refractivity contribution in [2.45, 2.75) is 25.7 Å². The van der Waals surface area contributed by atoms with E-state index in [1.807, 2.05) is 17.0 Å². The van der Waals surface area contributed by atoms with Gasteiger partial charge in [-0.3, -0.25) is 4.79 Å². The van der Waals surface area contributed by atoms with E-state index >= 15 is 0 Å². The van der Waals surface area contributed by atoms with E-state index in [1.54, 1.807) is 0 Å². The largest absolute Gasteiger partial charge is 0.396 e. The van der Waals surface area contributed by atoms with Crippen LogP contribution in [0.3, 0.4) is 0 Å². The third-order valence-electron chi connectivity index (χ3n) is 6.27. The molecule has 0 aliphatic carbocycles. The Morgan fingerprint density at radius 1 is 0.963 bits per heavy atom. The summed E-state index contributed by atoms with van der Waals surface area (Å²) in [6.45, 7) is 5.01. The third-order valence-corrected chi connectivity index (χ3v) is 6.27. The monoisotopic (exact) mass is 366 g/mol. The Balaban J connectivity index is 1.39. The number of carbonyl (C=O) groups is 1. The summed E-state index contributed by atoms with van der Waals surface area (Å²) in [7, 11) is 0. The van der Waals surface area contributed by atoms with Gasteiger partial charge < -0.3 is 14.9 Å². The first kappa shape index (κ1) is 18.5. The van der Waals surface area contributed by atoms with Crippen LogP contribution in [-0.4, -0.2) is 60.1 Å². The van der Waals surface area contributed by atoms with Crippen molar-refractivity contribution in [3.05, 3.63) is 48.0 Å². The number of fused-ring (bicyclic) bond motifs is 1. The van der Waals surface area contributed by atoms with Crippen molar-refractivity contribution < 1.29 is 9.90 Å². The number of amides is 1. The van der Waals surface area contributed by atoms with E-state index in [4.69, 9.17) is 0 Å². The van der Waals surface area contributed by atoms with E-state index in [1.165, 1.54) is 43.1 Å². The van der Waals surface area contributed by atoms with Crippen LogP contribution in [-0.2, 0) is 11.2 Å². The predicted molar refractivity (Wildman–Crippen MR) is 109 cm³/mol. The highest BCUT2D eigenvalue weighted by Gasteiger charge is 2.35. The second kappa shape index (κ2) is 8.41. The van der Waals surface area contributed by atoms with Gasteiger partial charge in [-0.2, -0.15) is 0 Å². The van der Waals surface area contributed by atoms with Gasteiger partial charge in [0, 0.05) is 32.2 Å². The number of hydrogen-bond acceptors (Lipinski definition) is 3. The second-order valence-corrected chi connectivity index (χ2v) is 8.22. The summed E-state index contributed by atoms with van der Waals surface area (Å²) in [5.41, 5.74) is 1.07. The van der Waals surface area contributed by atoms with Crippen LogP contribution in [0.5, 0.6) is 0 Å². The number of piperidine rings is 1. The Labute approximate surface area is 161 Å². The van der Waals surface area contributed by atoms with Crippen molar-refractivity contribution in [3.8, 4) is 0 Å². The van der Waals surface area contributed by atoms with Crippen molar-refractivity contribution in [2.24, 2.45) is 11.8 Å². The van der Waals surface area contributed by atoms with E-state index in [2.05, 4.69) is 35.2 Å². The summed E-state index contributed by atoms with van der Waals surface area (Å²) < 4.78 is 0. The number of hydrogen-bond donors (Lipinski definition) is 1. The standard InChI is InChI=1S/C23H30N2O2/c26-17-22-16-25(15-21(22)14-24-10-4-1-5-11-24)23(27)13-18-8-9-19-6-2-3-7-20(19)12-18/h2-3,6-9,12,21-22,26H,1,4-5,10-11,13-17H2/t21-,22-/m0/s1. The van der Waals surface area contributed by atoms with Crippen molar-refractivity contribution in [3.63, 3.8) is 0 Å². The molecule has 4 heteroatoms. The first-order valence-electron chi connectivity index (χ1n) is 10.3. The molecule has 0 saturated carbocycles. The van der Waals surface area contributed by atoms with E-state index in [0.717, 1.165) is 18.7 Å². The average molecular weight is 367 g/mol. The maximum Gasteiger partial charge on any atom is 0.227 e. The molecule has 2 fully saturated rings. The molecule has 0 radical (unpaired) electrons. The normalized spacial score (nSPS) is 23.8. The molecule has 2 saturated heterocycles. The van der Waals surface area contributed by atoms with Crippen molar-refractivity contribution in [2.75, 3.05) is 39.3 Å². The Kier molecular flexibility index (Phi) is 5.74. The quantitative estimate of drug-likeness (QED) is 0.885. The Bertz CT molecular complexity index is 785. The fourth-order valence-corrected chi connectivity index (χ4v) is 4.66. The minimum Gasteiger partial charge on any atom is -0.396 e. The molecule has 2 aromatic rings. The smallest absolute Gasteiger partial charge is 0.227 e. The van der Waals surface area contributed by atoms with Crippen molar-refractivity contribution in [1.82, 2.24) is 9.80 Å². The van der Waals surface area contributed by atoms with E-state index < -0.39 is 0 Å². The lowest BCUT2D eigenvalue weighted by Gasteiger charge is -2.30. The van der Waals surface area contributed by atoms with E-state index in [-0.39, 0.29) is 18.4 Å². The first-order chi connectivity index (χ1) is 13.2. The average Bonchev–Trinajstić information content (AvgIpc) is 3.11.